The molecule has 6 heteroatoms. The van der Waals surface area contributed by atoms with E-state index < -0.39 is 0 Å². The van der Waals surface area contributed by atoms with Crippen LogP contribution in [-0.4, -0.2) is 17.1 Å². The Morgan fingerprint density at radius 1 is 1.29 bits per heavy atom. The minimum Gasteiger partial charge on any atom is -0.494 e. The summed E-state index contributed by atoms with van der Waals surface area (Å²) < 4.78 is 18.9. The number of aryl methyl sites for hydroxylation is 2. The van der Waals surface area contributed by atoms with Gasteiger partial charge >= 0.3 is 0 Å². The Balaban J connectivity index is 1.68. The molecule has 3 aromatic rings. The summed E-state index contributed by atoms with van der Waals surface area (Å²) in [5.41, 5.74) is 2.23. The number of fused-ring (bicyclic) bond motifs is 3. The highest BCUT2D eigenvalue weighted by Gasteiger charge is 2.22. The third kappa shape index (κ3) is 2.51. The molecule has 1 N–H and O–H groups in total. The van der Waals surface area contributed by atoms with Gasteiger partial charge in [0.2, 0.25) is 0 Å². The molecule has 1 aromatic carbocycles. The molecular formula is C18H18FN3OS. The van der Waals surface area contributed by atoms with E-state index >= 15 is 0 Å². The second kappa shape index (κ2) is 6.02. The van der Waals surface area contributed by atoms with Crippen LogP contribution in [0.25, 0.3) is 10.2 Å². The highest BCUT2D eigenvalue weighted by molar-refractivity contribution is 7.19. The monoisotopic (exact) mass is 343 g/mol. The van der Waals surface area contributed by atoms with Gasteiger partial charge in [-0.2, -0.15) is 0 Å². The van der Waals surface area contributed by atoms with Crippen molar-refractivity contribution < 1.29 is 9.13 Å². The Morgan fingerprint density at radius 3 is 2.96 bits per heavy atom. The Morgan fingerprint density at radius 2 is 2.17 bits per heavy atom. The van der Waals surface area contributed by atoms with Gasteiger partial charge in [-0.1, -0.05) is 6.07 Å². The standard InChI is InChI=1S/C18H18FN3OS/c1-10(11-6-7-14(23-2)13(19)8-11)22-17-16-12-4-3-5-15(12)24-18(16)21-9-20-17/h6-10H,3-5H2,1-2H3,(H,20,21,22)/t10-/m0/s1. The van der Waals surface area contributed by atoms with Gasteiger partial charge in [0.05, 0.1) is 18.5 Å². The molecule has 124 valence electrons. The minimum absolute atomic E-state index is 0.0690. The molecule has 0 amide bonds. The van der Waals surface area contributed by atoms with E-state index in [0.29, 0.717) is 0 Å². The lowest BCUT2D eigenvalue weighted by atomic mass is 10.1. The van der Waals surface area contributed by atoms with Gasteiger partial charge in [-0.3, -0.25) is 0 Å². The number of hydrogen-bond acceptors (Lipinski definition) is 5. The predicted molar refractivity (Wildman–Crippen MR) is 94.4 cm³/mol. The maximum atomic E-state index is 14.0. The highest BCUT2D eigenvalue weighted by Crippen LogP contribution is 2.39. The molecule has 0 aliphatic heterocycles. The first-order valence-corrected chi connectivity index (χ1v) is 8.84. The summed E-state index contributed by atoms with van der Waals surface area (Å²) >= 11 is 1.76. The van der Waals surface area contributed by atoms with Crippen molar-refractivity contribution in [3.63, 3.8) is 0 Å². The molecule has 24 heavy (non-hydrogen) atoms. The van der Waals surface area contributed by atoms with Crippen LogP contribution in [0.3, 0.4) is 0 Å². The lowest BCUT2D eigenvalue weighted by Crippen LogP contribution is -2.09. The van der Waals surface area contributed by atoms with Crippen LogP contribution in [0.15, 0.2) is 24.5 Å². The van der Waals surface area contributed by atoms with E-state index in [1.807, 2.05) is 13.0 Å². The number of anilines is 1. The number of ether oxygens (including phenoxy) is 1. The SMILES string of the molecule is COc1ccc([C@H](C)Nc2ncnc3sc4c(c23)CCC4)cc1F. The van der Waals surface area contributed by atoms with Crippen molar-refractivity contribution in [2.45, 2.75) is 32.2 Å². The fraction of sp³-hybridized carbons (Fsp3) is 0.333. The van der Waals surface area contributed by atoms with Crippen LogP contribution in [-0.2, 0) is 12.8 Å². The number of benzene rings is 1. The van der Waals surface area contributed by atoms with Crippen molar-refractivity contribution >= 4 is 27.4 Å². The molecular weight excluding hydrogens is 325 g/mol. The molecule has 0 radical (unpaired) electrons. The van der Waals surface area contributed by atoms with Crippen LogP contribution in [0.2, 0.25) is 0 Å². The Kier molecular flexibility index (Phi) is 3.84. The Bertz CT molecular complexity index is 909. The predicted octanol–water partition coefficient (Wildman–Crippen LogP) is 4.50. The van der Waals surface area contributed by atoms with Crippen LogP contribution in [0, 0.1) is 5.82 Å². The third-order valence-corrected chi connectivity index (χ3v) is 5.73. The second-order valence-electron chi connectivity index (χ2n) is 6.02. The first kappa shape index (κ1) is 15.3. The largest absolute Gasteiger partial charge is 0.494 e. The number of halogens is 1. The van der Waals surface area contributed by atoms with Crippen LogP contribution in [0.5, 0.6) is 5.75 Å². The first-order valence-electron chi connectivity index (χ1n) is 8.02. The van der Waals surface area contributed by atoms with Crippen molar-refractivity contribution in [2.24, 2.45) is 0 Å². The summed E-state index contributed by atoms with van der Waals surface area (Å²) in [5, 5.41) is 4.56. The average Bonchev–Trinajstić information content (AvgIpc) is 3.15. The number of nitrogens with zero attached hydrogens (tertiary/aromatic N) is 2. The van der Waals surface area contributed by atoms with Gasteiger partial charge in [-0.15, -0.1) is 11.3 Å². The fourth-order valence-corrected chi connectivity index (χ4v) is 4.51. The molecule has 2 aromatic heterocycles. The molecule has 1 aliphatic carbocycles. The van der Waals surface area contributed by atoms with Crippen molar-refractivity contribution in [3.05, 3.63) is 46.3 Å². The van der Waals surface area contributed by atoms with Gasteiger partial charge in [0.25, 0.3) is 0 Å². The Labute approximate surface area is 143 Å². The van der Waals surface area contributed by atoms with E-state index in [1.54, 1.807) is 23.7 Å². The molecule has 0 fully saturated rings. The van der Waals surface area contributed by atoms with Gasteiger partial charge in [0, 0.05) is 4.88 Å². The quantitative estimate of drug-likeness (QED) is 0.758. The number of aromatic nitrogens is 2. The zero-order valence-corrected chi connectivity index (χ0v) is 14.4. The molecule has 1 aliphatic rings. The molecule has 2 heterocycles. The zero-order valence-electron chi connectivity index (χ0n) is 13.6. The maximum absolute atomic E-state index is 14.0. The summed E-state index contributed by atoms with van der Waals surface area (Å²) in [5.74, 6) is 0.738. The molecule has 0 saturated heterocycles. The zero-order chi connectivity index (χ0) is 16.7. The topological polar surface area (TPSA) is 47.0 Å². The molecule has 1 atom stereocenters. The summed E-state index contributed by atoms with van der Waals surface area (Å²) in [7, 11) is 1.47. The highest BCUT2D eigenvalue weighted by atomic mass is 32.1. The molecule has 0 spiro atoms. The normalized spacial score (nSPS) is 14.6. The van der Waals surface area contributed by atoms with Gasteiger partial charge in [-0.25, -0.2) is 14.4 Å². The van der Waals surface area contributed by atoms with Crippen LogP contribution >= 0.6 is 11.3 Å². The number of rotatable bonds is 4. The minimum atomic E-state index is -0.354. The van der Waals surface area contributed by atoms with Gasteiger partial charge < -0.3 is 10.1 Å². The Hall–Kier alpha value is -2.21. The van der Waals surface area contributed by atoms with E-state index in [9.17, 15) is 4.39 Å². The summed E-state index contributed by atoms with van der Waals surface area (Å²) in [6.07, 6.45) is 5.01. The molecule has 0 saturated carbocycles. The van der Waals surface area contributed by atoms with E-state index in [2.05, 4.69) is 15.3 Å². The van der Waals surface area contributed by atoms with Crippen molar-refractivity contribution in [1.29, 1.82) is 0 Å². The second-order valence-corrected chi connectivity index (χ2v) is 7.10. The molecule has 0 unspecified atom stereocenters. The van der Waals surface area contributed by atoms with Gasteiger partial charge in [-0.05, 0) is 49.4 Å². The number of thiophene rings is 1. The molecule has 4 rings (SSSR count). The number of hydrogen-bond donors (Lipinski definition) is 1. The van der Waals surface area contributed by atoms with Gasteiger partial charge in [0.15, 0.2) is 11.6 Å². The van der Waals surface area contributed by atoms with Crippen molar-refractivity contribution in [1.82, 2.24) is 9.97 Å². The van der Waals surface area contributed by atoms with Crippen LogP contribution in [0.1, 0.15) is 35.4 Å². The summed E-state index contributed by atoms with van der Waals surface area (Å²) in [6.45, 7) is 2.00. The number of methoxy groups -OCH3 is 1. The molecule has 0 bridgehead atoms. The van der Waals surface area contributed by atoms with Crippen molar-refractivity contribution in [3.8, 4) is 5.75 Å². The van der Waals surface area contributed by atoms with E-state index in [4.69, 9.17) is 4.74 Å². The average molecular weight is 343 g/mol. The van der Waals surface area contributed by atoms with E-state index in [-0.39, 0.29) is 17.6 Å². The smallest absolute Gasteiger partial charge is 0.165 e. The van der Waals surface area contributed by atoms with Crippen LogP contribution in [0.4, 0.5) is 10.2 Å². The fourth-order valence-electron chi connectivity index (χ4n) is 3.28. The van der Waals surface area contributed by atoms with Gasteiger partial charge in [0.1, 0.15) is 17.0 Å². The van der Waals surface area contributed by atoms with E-state index in [0.717, 1.165) is 34.4 Å². The van der Waals surface area contributed by atoms with Crippen LogP contribution < -0.4 is 10.1 Å². The number of nitrogens with one attached hydrogen (secondary N) is 1. The first-order chi connectivity index (χ1) is 11.7. The summed E-state index contributed by atoms with van der Waals surface area (Å²) in [4.78, 5) is 11.3. The third-order valence-electron chi connectivity index (χ3n) is 4.53. The lowest BCUT2D eigenvalue weighted by Gasteiger charge is -2.16. The molecule has 4 nitrogen and oxygen atoms in total. The maximum Gasteiger partial charge on any atom is 0.165 e. The lowest BCUT2D eigenvalue weighted by molar-refractivity contribution is 0.386. The summed E-state index contributed by atoms with van der Waals surface area (Å²) in [6, 6.07) is 4.96. The van der Waals surface area contributed by atoms with Crippen molar-refractivity contribution in [2.75, 3.05) is 12.4 Å². The van der Waals surface area contributed by atoms with E-state index in [1.165, 1.54) is 30.0 Å².